The Morgan fingerprint density at radius 2 is 2.07 bits per heavy atom. The van der Waals surface area contributed by atoms with Gasteiger partial charge in [0.1, 0.15) is 17.2 Å². The minimum atomic E-state index is -0.346. The Morgan fingerprint density at radius 1 is 1.26 bits per heavy atom. The van der Waals surface area contributed by atoms with Crippen LogP contribution in [0.2, 0.25) is 0 Å². The molecule has 3 aromatic rings. The Labute approximate surface area is 157 Å². The van der Waals surface area contributed by atoms with E-state index in [1.807, 2.05) is 12.1 Å². The first-order valence-corrected chi connectivity index (χ1v) is 9.38. The molecule has 1 aliphatic rings. The molecule has 1 N–H and O–H groups in total. The molecule has 0 spiro atoms. The van der Waals surface area contributed by atoms with E-state index in [1.54, 1.807) is 19.3 Å². The first-order chi connectivity index (χ1) is 13.1. The second-order valence-electron chi connectivity index (χ2n) is 7.03. The van der Waals surface area contributed by atoms with Crippen molar-refractivity contribution < 1.29 is 18.0 Å². The van der Waals surface area contributed by atoms with E-state index in [0.717, 1.165) is 31.7 Å². The van der Waals surface area contributed by atoms with Crippen LogP contribution in [0.5, 0.6) is 0 Å². The monoisotopic (exact) mass is 370 g/mol. The standard InChI is InChI=1S/C21H23FN2O3/c1-14-16-12-15(22)7-8-18(16)27-20(14)21(25)23-13-17(19-6-5-11-26-19)24-9-3-2-4-10-24/h5-8,11-12,17H,2-4,9-10,13H2,1H3,(H,23,25). The van der Waals surface area contributed by atoms with Crippen LogP contribution in [0.15, 0.2) is 45.4 Å². The third-order valence-electron chi connectivity index (χ3n) is 5.26. The number of fused-ring (bicyclic) bond motifs is 1. The van der Waals surface area contributed by atoms with Crippen molar-refractivity contribution in [3.05, 3.63) is 59.5 Å². The zero-order valence-electron chi connectivity index (χ0n) is 15.3. The van der Waals surface area contributed by atoms with Gasteiger partial charge < -0.3 is 14.2 Å². The third-order valence-corrected chi connectivity index (χ3v) is 5.26. The van der Waals surface area contributed by atoms with Crippen molar-refractivity contribution in [3.8, 4) is 0 Å². The van der Waals surface area contributed by atoms with Gasteiger partial charge in [0.15, 0.2) is 5.76 Å². The zero-order valence-corrected chi connectivity index (χ0v) is 15.3. The lowest BCUT2D eigenvalue weighted by Gasteiger charge is -2.33. The van der Waals surface area contributed by atoms with Gasteiger partial charge in [-0.15, -0.1) is 0 Å². The lowest BCUT2D eigenvalue weighted by Crippen LogP contribution is -2.40. The Hall–Kier alpha value is -2.60. The van der Waals surface area contributed by atoms with Crippen LogP contribution in [-0.2, 0) is 0 Å². The van der Waals surface area contributed by atoms with Crippen LogP contribution in [0.25, 0.3) is 11.0 Å². The van der Waals surface area contributed by atoms with Crippen molar-refractivity contribution in [1.29, 1.82) is 0 Å². The van der Waals surface area contributed by atoms with Gasteiger partial charge in [-0.25, -0.2) is 4.39 Å². The highest BCUT2D eigenvalue weighted by molar-refractivity contribution is 5.98. The molecule has 3 heterocycles. The number of halogens is 1. The predicted molar refractivity (Wildman–Crippen MR) is 100 cm³/mol. The molecule has 0 bridgehead atoms. The van der Waals surface area contributed by atoms with Gasteiger partial charge in [0.25, 0.3) is 5.91 Å². The van der Waals surface area contributed by atoms with Crippen molar-refractivity contribution >= 4 is 16.9 Å². The molecule has 27 heavy (non-hydrogen) atoms. The summed E-state index contributed by atoms with van der Waals surface area (Å²) in [5.74, 6) is 0.437. The number of nitrogens with zero attached hydrogens (tertiary/aromatic N) is 1. The molecule has 1 amide bonds. The van der Waals surface area contributed by atoms with E-state index in [1.165, 1.54) is 18.6 Å². The number of carbonyl (C=O) groups is 1. The maximum atomic E-state index is 13.5. The first kappa shape index (κ1) is 17.8. The van der Waals surface area contributed by atoms with E-state index in [0.29, 0.717) is 23.1 Å². The molecule has 1 aromatic carbocycles. The Bertz CT molecular complexity index is 926. The maximum Gasteiger partial charge on any atom is 0.287 e. The van der Waals surface area contributed by atoms with Crippen LogP contribution in [0, 0.1) is 12.7 Å². The van der Waals surface area contributed by atoms with Crippen molar-refractivity contribution in [2.45, 2.75) is 32.2 Å². The van der Waals surface area contributed by atoms with Gasteiger partial charge in [0.05, 0.1) is 12.3 Å². The summed E-state index contributed by atoms with van der Waals surface area (Å²) in [4.78, 5) is 15.1. The molecule has 1 unspecified atom stereocenters. The topological polar surface area (TPSA) is 58.6 Å². The van der Waals surface area contributed by atoms with Gasteiger partial charge in [-0.1, -0.05) is 6.42 Å². The number of nitrogens with one attached hydrogen (secondary N) is 1. The number of rotatable bonds is 5. The van der Waals surface area contributed by atoms with Gasteiger partial charge in [-0.05, 0) is 63.2 Å². The third kappa shape index (κ3) is 3.62. The Morgan fingerprint density at radius 3 is 2.81 bits per heavy atom. The molecule has 1 fully saturated rings. The molecule has 142 valence electrons. The fourth-order valence-corrected chi connectivity index (χ4v) is 3.80. The Balaban J connectivity index is 1.52. The molecule has 2 aromatic heterocycles. The average Bonchev–Trinajstić information content (AvgIpc) is 3.32. The van der Waals surface area contributed by atoms with E-state index < -0.39 is 0 Å². The van der Waals surface area contributed by atoms with Gasteiger partial charge in [-0.3, -0.25) is 9.69 Å². The maximum absolute atomic E-state index is 13.5. The van der Waals surface area contributed by atoms with Crippen LogP contribution < -0.4 is 5.32 Å². The zero-order chi connectivity index (χ0) is 18.8. The van der Waals surface area contributed by atoms with Gasteiger partial charge >= 0.3 is 0 Å². The molecule has 0 radical (unpaired) electrons. The van der Waals surface area contributed by atoms with E-state index in [2.05, 4.69) is 10.2 Å². The molecule has 1 aliphatic heterocycles. The molecule has 1 atom stereocenters. The fraction of sp³-hybridized carbons (Fsp3) is 0.381. The van der Waals surface area contributed by atoms with Crippen LogP contribution in [-0.4, -0.2) is 30.4 Å². The van der Waals surface area contributed by atoms with E-state index in [9.17, 15) is 9.18 Å². The molecular weight excluding hydrogens is 347 g/mol. The summed E-state index contributed by atoms with van der Waals surface area (Å²) in [5.41, 5.74) is 1.16. The summed E-state index contributed by atoms with van der Waals surface area (Å²) < 4.78 is 24.8. The van der Waals surface area contributed by atoms with Crippen molar-refractivity contribution in [1.82, 2.24) is 10.2 Å². The SMILES string of the molecule is Cc1c(C(=O)NCC(c2ccco2)N2CCCCC2)oc2ccc(F)cc12. The number of amides is 1. The minimum absolute atomic E-state index is 0.00798. The van der Waals surface area contributed by atoms with Crippen molar-refractivity contribution in [2.24, 2.45) is 0 Å². The second-order valence-corrected chi connectivity index (χ2v) is 7.03. The second kappa shape index (κ2) is 7.56. The number of hydrogen-bond acceptors (Lipinski definition) is 4. The highest BCUT2D eigenvalue weighted by Gasteiger charge is 2.26. The van der Waals surface area contributed by atoms with Crippen molar-refractivity contribution in [2.75, 3.05) is 19.6 Å². The van der Waals surface area contributed by atoms with E-state index in [4.69, 9.17) is 8.83 Å². The number of aryl methyl sites for hydroxylation is 1. The predicted octanol–water partition coefficient (Wildman–Crippen LogP) is 4.43. The Kier molecular flexibility index (Phi) is 4.99. The number of furan rings is 2. The van der Waals surface area contributed by atoms with E-state index in [-0.39, 0.29) is 23.5 Å². The largest absolute Gasteiger partial charge is 0.468 e. The van der Waals surface area contributed by atoms with Crippen LogP contribution >= 0.6 is 0 Å². The summed E-state index contributed by atoms with van der Waals surface area (Å²) in [5, 5.41) is 3.60. The van der Waals surface area contributed by atoms with Crippen LogP contribution in [0.3, 0.4) is 0 Å². The van der Waals surface area contributed by atoms with Crippen LogP contribution in [0.1, 0.15) is 47.2 Å². The highest BCUT2D eigenvalue weighted by atomic mass is 19.1. The van der Waals surface area contributed by atoms with Gasteiger partial charge in [0, 0.05) is 17.5 Å². The number of piperidine rings is 1. The van der Waals surface area contributed by atoms with Gasteiger partial charge in [-0.2, -0.15) is 0 Å². The van der Waals surface area contributed by atoms with E-state index >= 15 is 0 Å². The molecule has 0 saturated carbocycles. The number of benzene rings is 1. The van der Waals surface area contributed by atoms with Crippen molar-refractivity contribution in [3.63, 3.8) is 0 Å². The molecule has 6 heteroatoms. The molecular formula is C21H23FN2O3. The first-order valence-electron chi connectivity index (χ1n) is 9.38. The number of likely N-dealkylation sites (tertiary alicyclic amines) is 1. The summed E-state index contributed by atoms with van der Waals surface area (Å²) >= 11 is 0. The minimum Gasteiger partial charge on any atom is -0.468 e. The fourth-order valence-electron chi connectivity index (χ4n) is 3.80. The smallest absolute Gasteiger partial charge is 0.287 e. The number of hydrogen-bond donors (Lipinski definition) is 1. The summed E-state index contributed by atoms with van der Waals surface area (Å²) in [6, 6.07) is 8.08. The molecule has 5 nitrogen and oxygen atoms in total. The van der Waals surface area contributed by atoms with Crippen LogP contribution in [0.4, 0.5) is 4.39 Å². The summed E-state index contributed by atoms with van der Waals surface area (Å²) in [7, 11) is 0. The lowest BCUT2D eigenvalue weighted by atomic mass is 10.1. The quantitative estimate of drug-likeness (QED) is 0.722. The summed E-state index contributed by atoms with van der Waals surface area (Å²) in [6.45, 7) is 4.18. The molecule has 1 saturated heterocycles. The number of carbonyl (C=O) groups excluding carboxylic acids is 1. The normalized spacial score (nSPS) is 16.5. The summed E-state index contributed by atoms with van der Waals surface area (Å²) in [6.07, 6.45) is 5.20. The highest BCUT2D eigenvalue weighted by Crippen LogP contribution is 2.27. The molecule has 0 aliphatic carbocycles. The van der Waals surface area contributed by atoms with Gasteiger partial charge in [0.2, 0.25) is 0 Å². The average molecular weight is 370 g/mol. The molecule has 4 rings (SSSR count). The lowest BCUT2D eigenvalue weighted by molar-refractivity contribution is 0.0888.